The standard InChI is InChI=1S/C13H18BrNO2/c14-12-3-1-2-11(6-12)13(7-15)17-9-10-4-5-16-8-10/h1-3,6,10,13H,4-5,7-9,15H2. The van der Waals surface area contributed by atoms with Crippen molar-refractivity contribution in [2.24, 2.45) is 11.7 Å². The van der Waals surface area contributed by atoms with E-state index >= 15 is 0 Å². The van der Waals surface area contributed by atoms with Gasteiger partial charge in [0.2, 0.25) is 0 Å². The third-order valence-electron chi connectivity index (χ3n) is 2.99. The normalized spacial score (nSPS) is 21.6. The highest BCUT2D eigenvalue weighted by molar-refractivity contribution is 9.10. The average Bonchev–Trinajstić information content (AvgIpc) is 2.83. The highest BCUT2D eigenvalue weighted by Gasteiger charge is 2.18. The van der Waals surface area contributed by atoms with Crippen LogP contribution in [0.15, 0.2) is 28.7 Å². The number of ether oxygens (including phenoxy) is 2. The van der Waals surface area contributed by atoms with Crippen LogP contribution in [0.5, 0.6) is 0 Å². The van der Waals surface area contributed by atoms with Crippen molar-refractivity contribution < 1.29 is 9.47 Å². The third-order valence-corrected chi connectivity index (χ3v) is 3.48. The molecule has 17 heavy (non-hydrogen) atoms. The predicted molar refractivity (Wildman–Crippen MR) is 70.8 cm³/mol. The van der Waals surface area contributed by atoms with Crippen LogP contribution in [0.1, 0.15) is 18.1 Å². The highest BCUT2D eigenvalue weighted by atomic mass is 79.9. The zero-order chi connectivity index (χ0) is 12.1. The second kappa shape index (κ2) is 6.50. The van der Waals surface area contributed by atoms with Crippen LogP contribution in [0.2, 0.25) is 0 Å². The molecule has 0 radical (unpaired) electrons. The van der Waals surface area contributed by atoms with Crippen LogP contribution in [0.4, 0.5) is 0 Å². The predicted octanol–water partition coefficient (Wildman–Crippen LogP) is 2.50. The lowest BCUT2D eigenvalue weighted by atomic mass is 10.1. The van der Waals surface area contributed by atoms with Gasteiger partial charge in [0.1, 0.15) is 0 Å². The molecule has 1 saturated heterocycles. The van der Waals surface area contributed by atoms with Crippen LogP contribution in [0, 0.1) is 5.92 Å². The fraction of sp³-hybridized carbons (Fsp3) is 0.538. The largest absolute Gasteiger partial charge is 0.381 e. The lowest BCUT2D eigenvalue weighted by Crippen LogP contribution is -2.19. The van der Waals surface area contributed by atoms with Gasteiger partial charge >= 0.3 is 0 Å². The molecular formula is C13H18BrNO2. The minimum absolute atomic E-state index is 0.0203. The van der Waals surface area contributed by atoms with Crippen LogP contribution in [0.3, 0.4) is 0 Å². The van der Waals surface area contributed by atoms with Crippen molar-refractivity contribution in [1.29, 1.82) is 0 Å². The van der Waals surface area contributed by atoms with Gasteiger partial charge in [-0.05, 0) is 24.1 Å². The van der Waals surface area contributed by atoms with E-state index in [9.17, 15) is 0 Å². The first kappa shape index (κ1) is 13.0. The quantitative estimate of drug-likeness (QED) is 0.908. The Hall–Kier alpha value is -0.420. The summed E-state index contributed by atoms with van der Waals surface area (Å²) in [6.45, 7) is 2.91. The number of halogens is 1. The number of rotatable bonds is 5. The lowest BCUT2D eigenvalue weighted by molar-refractivity contribution is 0.0301. The molecular weight excluding hydrogens is 282 g/mol. The third kappa shape index (κ3) is 3.78. The number of hydrogen-bond donors (Lipinski definition) is 1. The molecule has 1 heterocycles. The van der Waals surface area contributed by atoms with E-state index in [-0.39, 0.29) is 6.10 Å². The van der Waals surface area contributed by atoms with Gasteiger partial charge in [0, 0.05) is 23.5 Å². The van der Waals surface area contributed by atoms with E-state index in [1.807, 2.05) is 18.2 Å². The first-order chi connectivity index (χ1) is 8.29. The molecule has 1 aliphatic heterocycles. The molecule has 1 aliphatic rings. The molecule has 0 aliphatic carbocycles. The zero-order valence-corrected chi connectivity index (χ0v) is 11.4. The Morgan fingerprint density at radius 3 is 3.06 bits per heavy atom. The second-order valence-corrected chi connectivity index (χ2v) is 5.26. The van der Waals surface area contributed by atoms with Gasteiger partial charge in [0.25, 0.3) is 0 Å². The van der Waals surface area contributed by atoms with Gasteiger partial charge in [-0.1, -0.05) is 28.1 Å². The molecule has 2 rings (SSSR count). The highest BCUT2D eigenvalue weighted by Crippen LogP contribution is 2.22. The molecule has 1 aromatic carbocycles. The zero-order valence-electron chi connectivity index (χ0n) is 9.77. The average molecular weight is 300 g/mol. The first-order valence-corrected chi connectivity index (χ1v) is 6.73. The van der Waals surface area contributed by atoms with E-state index in [2.05, 4.69) is 22.0 Å². The number of benzene rings is 1. The number of hydrogen-bond acceptors (Lipinski definition) is 3. The Morgan fingerprint density at radius 2 is 2.41 bits per heavy atom. The van der Waals surface area contributed by atoms with Gasteiger partial charge < -0.3 is 15.2 Å². The van der Waals surface area contributed by atoms with Crippen molar-refractivity contribution in [2.45, 2.75) is 12.5 Å². The Kier molecular flexibility index (Phi) is 4.98. The molecule has 2 unspecified atom stereocenters. The van der Waals surface area contributed by atoms with Gasteiger partial charge in [-0.2, -0.15) is 0 Å². The molecule has 0 bridgehead atoms. The second-order valence-electron chi connectivity index (χ2n) is 4.34. The first-order valence-electron chi connectivity index (χ1n) is 5.94. The van der Waals surface area contributed by atoms with Crippen LogP contribution in [-0.4, -0.2) is 26.4 Å². The summed E-state index contributed by atoms with van der Waals surface area (Å²) in [6, 6.07) is 8.11. The summed E-state index contributed by atoms with van der Waals surface area (Å²) >= 11 is 3.46. The fourth-order valence-corrected chi connectivity index (χ4v) is 2.39. The monoisotopic (exact) mass is 299 g/mol. The molecule has 3 nitrogen and oxygen atoms in total. The van der Waals surface area contributed by atoms with Crippen LogP contribution < -0.4 is 5.73 Å². The van der Waals surface area contributed by atoms with Gasteiger partial charge in [0.05, 0.1) is 19.3 Å². The van der Waals surface area contributed by atoms with E-state index in [0.717, 1.165) is 36.3 Å². The molecule has 1 fully saturated rings. The van der Waals surface area contributed by atoms with E-state index in [1.54, 1.807) is 0 Å². The molecule has 1 aromatic rings. The summed E-state index contributed by atoms with van der Waals surface area (Å²) in [5.74, 6) is 0.524. The summed E-state index contributed by atoms with van der Waals surface area (Å²) in [6.07, 6.45) is 1.07. The van der Waals surface area contributed by atoms with Crippen LogP contribution >= 0.6 is 15.9 Å². The molecule has 0 aromatic heterocycles. The molecule has 94 valence electrons. The van der Waals surface area contributed by atoms with Crippen molar-refractivity contribution in [3.8, 4) is 0 Å². The van der Waals surface area contributed by atoms with Crippen molar-refractivity contribution in [3.05, 3.63) is 34.3 Å². The Bertz CT molecular complexity index is 353. The smallest absolute Gasteiger partial charge is 0.0947 e. The van der Waals surface area contributed by atoms with Crippen LogP contribution in [-0.2, 0) is 9.47 Å². The molecule has 0 amide bonds. The SMILES string of the molecule is NCC(OCC1CCOC1)c1cccc(Br)c1. The molecule has 0 spiro atoms. The van der Waals surface area contributed by atoms with E-state index in [4.69, 9.17) is 15.2 Å². The van der Waals surface area contributed by atoms with E-state index < -0.39 is 0 Å². The maximum absolute atomic E-state index is 5.89. The Morgan fingerprint density at radius 1 is 1.53 bits per heavy atom. The Labute approximate surface area is 110 Å². The Balaban J connectivity index is 1.91. The van der Waals surface area contributed by atoms with Crippen molar-refractivity contribution in [3.63, 3.8) is 0 Å². The summed E-state index contributed by atoms with van der Waals surface area (Å²) in [5, 5.41) is 0. The summed E-state index contributed by atoms with van der Waals surface area (Å²) in [7, 11) is 0. The van der Waals surface area contributed by atoms with Gasteiger partial charge in [-0.3, -0.25) is 0 Å². The minimum Gasteiger partial charge on any atom is -0.381 e. The van der Waals surface area contributed by atoms with Gasteiger partial charge in [0.15, 0.2) is 0 Å². The summed E-state index contributed by atoms with van der Waals surface area (Å²) in [4.78, 5) is 0. The van der Waals surface area contributed by atoms with Crippen molar-refractivity contribution in [2.75, 3.05) is 26.4 Å². The van der Waals surface area contributed by atoms with Crippen molar-refractivity contribution in [1.82, 2.24) is 0 Å². The summed E-state index contributed by atoms with van der Waals surface area (Å²) < 4.78 is 12.3. The topological polar surface area (TPSA) is 44.5 Å². The van der Waals surface area contributed by atoms with E-state index in [1.165, 1.54) is 0 Å². The maximum atomic E-state index is 5.89. The van der Waals surface area contributed by atoms with Crippen LogP contribution in [0.25, 0.3) is 0 Å². The number of nitrogens with two attached hydrogens (primary N) is 1. The fourth-order valence-electron chi connectivity index (χ4n) is 1.97. The van der Waals surface area contributed by atoms with Crippen molar-refractivity contribution >= 4 is 15.9 Å². The van der Waals surface area contributed by atoms with Gasteiger partial charge in [-0.15, -0.1) is 0 Å². The molecule has 0 saturated carbocycles. The lowest BCUT2D eigenvalue weighted by Gasteiger charge is -2.18. The minimum atomic E-state index is -0.0203. The molecule has 4 heteroatoms. The maximum Gasteiger partial charge on any atom is 0.0947 e. The molecule has 2 N–H and O–H groups in total. The molecule has 2 atom stereocenters. The van der Waals surface area contributed by atoms with Gasteiger partial charge in [-0.25, -0.2) is 0 Å². The summed E-state index contributed by atoms with van der Waals surface area (Å²) in [5.41, 5.74) is 6.89. The van der Waals surface area contributed by atoms with E-state index in [0.29, 0.717) is 12.5 Å².